The van der Waals surface area contributed by atoms with Gasteiger partial charge in [0.2, 0.25) is 0 Å². The molecule has 0 saturated heterocycles. The highest BCUT2D eigenvalue weighted by Gasteiger charge is 2.45. The second-order valence-electron chi connectivity index (χ2n) is 5.56. The number of para-hydroxylation sites is 1. The van der Waals surface area contributed by atoms with Crippen LogP contribution in [0, 0.1) is 0 Å². The van der Waals surface area contributed by atoms with Crippen molar-refractivity contribution in [3.63, 3.8) is 0 Å². The Morgan fingerprint density at radius 3 is 3.00 bits per heavy atom. The largest absolute Gasteiger partial charge is 0.586 e. The predicted molar refractivity (Wildman–Crippen MR) is 75.0 cm³/mol. The molecule has 2 aliphatic heterocycles. The Morgan fingerprint density at radius 1 is 1.36 bits per heavy atom. The van der Waals surface area contributed by atoms with E-state index in [0.717, 1.165) is 29.9 Å². The molecule has 116 valence electrons. The van der Waals surface area contributed by atoms with Crippen LogP contribution in [0.5, 0.6) is 11.5 Å². The lowest BCUT2D eigenvalue weighted by molar-refractivity contribution is -0.286. The van der Waals surface area contributed by atoms with Gasteiger partial charge in [0.1, 0.15) is 0 Å². The fourth-order valence-electron chi connectivity index (χ4n) is 3.19. The number of alkyl halides is 2. The average Bonchev–Trinajstić information content (AvgIpc) is 2.94. The number of benzene rings is 1. The van der Waals surface area contributed by atoms with Gasteiger partial charge in [0.05, 0.1) is 11.4 Å². The molecule has 3 heterocycles. The number of hydrogen-bond acceptors (Lipinski definition) is 4. The van der Waals surface area contributed by atoms with E-state index in [0.29, 0.717) is 5.56 Å². The second kappa shape index (κ2) is 4.42. The number of rotatable bonds is 1. The van der Waals surface area contributed by atoms with Crippen molar-refractivity contribution < 1.29 is 18.3 Å². The normalized spacial score (nSPS) is 21.7. The minimum absolute atomic E-state index is 0.0550. The van der Waals surface area contributed by atoms with Crippen LogP contribution in [0.4, 0.5) is 8.78 Å². The summed E-state index contributed by atoms with van der Waals surface area (Å²) in [4.78, 5) is 0. The maximum atomic E-state index is 13.4. The van der Waals surface area contributed by atoms with Crippen LogP contribution in [-0.4, -0.2) is 22.6 Å². The van der Waals surface area contributed by atoms with Gasteiger partial charge >= 0.3 is 6.29 Å². The van der Waals surface area contributed by atoms with E-state index in [1.807, 2.05) is 14.0 Å². The zero-order chi connectivity index (χ0) is 15.5. The molecule has 1 N–H and O–H groups in total. The first kappa shape index (κ1) is 13.5. The van der Waals surface area contributed by atoms with Crippen molar-refractivity contribution in [1.82, 2.24) is 15.1 Å². The van der Waals surface area contributed by atoms with Crippen molar-refractivity contribution in [1.29, 1.82) is 0 Å². The molecule has 0 unspecified atom stereocenters. The van der Waals surface area contributed by atoms with Crippen molar-refractivity contribution >= 4 is 0 Å². The molecule has 0 bridgehead atoms. The Bertz CT molecular complexity index is 757. The Morgan fingerprint density at radius 2 is 2.18 bits per heavy atom. The molecule has 1 aromatic carbocycles. The van der Waals surface area contributed by atoms with E-state index >= 15 is 0 Å². The van der Waals surface area contributed by atoms with E-state index in [1.165, 1.54) is 6.07 Å². The third-order valence-electron chi connectivity index (χ3n) is 4.10. The first-order valence-electron chi connectivity index (χ1n) is 7.14. The molecular formula is C15H15F2N3O2. The van der Waals surface area contributed by atoms with E-state index in [2.05, 4.69) is 15.2 Å². The molecule has 0 aliphatic carbocycles. The van der Waals surface area contributed by atoms with Gasteiger partial charge in [-0.05, 0) is 32.0 Å². The molecular weight excluding hydrogens is 292 g/mol. The van der Waals surface area contributed by atoms with E-state index in [4.69, 9.17) is 4.74 Å². The van der Waals surface area contributed by atoms with Gasteiger partial charge in [0, 0.05) is 24.2 Å². The number of ether oxygens (including phenoxy) is 2. The van der Waals surface area contributed by atoms with Gasteiger partial charge in [-0.15, -0.1) is 8.78 Å². The predicted octanol–water partition coefficient (Wildman–Crippen LogP) is 2.62. The van der Waals surface area contributed by atoms with Crippen LogP contribution in [0.25, 0.3) is 11.3 Å². The highest BCUT2D eigenvalue weighted by molar-refractivity contribution is 5.75. The molecule has 0 amide bonds. The number of halogens is 2. The van der Waals surface area contributed by atoms with Gasteiger partial charge in [0.15, 0.2) is 11.5 Å². The van der Waals surface area contributed by atoms with Gasteiger partial charge in [-0.2, -0.15) is 5.10 Å². The van der Waals surface area contributed by atoms with Gasteiger partial charge in [0.25, 0.3) is 0 Å². The topological polar surface area (TPSA) is 48.3 Å². The Kier molecular flexibility index (Phi) is 2.72. The molecule has 2 aliphatic rings. The second-order valence-corrected chi connectivity index (χ2v) is 5.56. The zero-order valence-corrected chi connectivity index (χ0v) is 12.2. The SMILES string of the molecule is C[C@@H]1NCCc2c1nn(C)c2-c1cccc2c1OC(F)(F)O2. The van der Waals surface area contributed by atoms with E-state index in [1.54, 1.807) is 16.8 Å². The molecule has 5 nitrogen and oxygen atoms in total. The third-order valence-corrected chi connectivity index (χ3v) is 4.10. The summed E-state index contributed by atoms with van der Waals surface area (Å²) in [6, 6.07) is 5.06. The number of nitrogens with zero attached hydrogens (tertiary/aromatic N) is 2. The summed E-state index contributed by atoms with van der Waals surface area (Å²) < 4.78 is 37.7. The third kappa shape index (κ3) is 1.89. The van der Waals surface area contributed by atoms with Crippen LogP contribution < -0.4 is 14.8 Å². The minimum atomic E-state index is -3.62. The summed E-state index contributed by atoms with van der Waals surface area (Å²) in [7, 11) is 1.81. The van der Waals surface area contributed by atoms with Crippen molar-refractivity contribution in [2.75, 3.05) is 6.54 Å². The maximum Gasteiger partial charge on any atom is 0.586 e. The van der Waals surface area contributed by atoms with Gasteiger partial charge < -0.3 is 14.8 Å². The lowest BCUT2D eigenvalue weighted by Gasteiger charge is -2.19. The Labute approximate surface area is 125 Å². The first-order chi connectivity index (χ1) is 10.5. The van der Waals surface area contributed by atoms with Gasteiger partial charge in [-0.25, -0.2) is 0 Å². The summed E-state index contributed by atoms with van der Waals surface area (Å²) in [6.07, 6.45) is -2.82. The van der Waals surface area contributed by atoms with Crippen LogP contribution >= 0.6 is 0 Å². The van der Waals surface area contributed by atoms with Crippen LogP contribution in [0.3, 0.4) is 0 Å². The van der Waals surface area contributed by atoms with Crippen LogP contribution in [0.15, 0.2) is 18.2 Å². The lowest BCUT2D eigenvalue weighted by atomic mass is 9.97. The summed E-state index contributed by atoms with van der Waals surface area (Å²) in [5, 5.41) is 7.88. The number of aryl methyl sites for hydroxylation is 1. The van der Waals surface area contributed by atoms with Gasteiger partial charge in [-0.1, -0.05) is 6.07 Å². The fourth-order valence-corrected chi connectivity index (χ4v) is 3.19. The molecule has 2 aromatic rings. The monoisotopic (exact) mass is 307 g/mol. The number of nitrogens with one attached hydrogen (secondary N) is 1. The van der Waals surface area contributed by atoms with E-state index in [9.17, 15) is 8.78 Å². The summed E-state index contributed by atoms with van der Waals surface area (Å²) >= 11 is 0. The van der Waals surface area contributed by atoms with Crippen molar-refractivity contribution in [2.45, 2.75) is 25.7 Å². The van der Waals surface area contributed by atoms with Gasteiger partial charge in [-0.3, -0.25) is 4.68 Å². The van der Waals surface area contributed by atoms with Crippen LogP contribution in [0.2, 0.25) is 0 Å². The Balaban J connectivity index is 1.91. The molecule has 0 fully saturated rings. The standard InChI is InChI=1S/C15H15F2N3O2/c1-8-12-9(6-7-18-8)13(20(2)19-12)10-4-3-5-11-14(10)22-15(16,17)21-11/h3-5,8,18H,6-7H2,1-2H3/t8-/m0/s1. The van der Waals surface area contributed by atoms with E-state index in [-0.39, 0.29) is 17.5 Å². The quantitative estimate of drug-likeness (QED) is 0.880. The highest BCUT2D eigenvalue weighted by Crippen LogP contribution is 2.48. The van der Waals surface area contributed by atoms with Crippen LogP contribution in [-0.2, 0) is 13.5 Å². The molecule has 7 heteroatoms. The average molecular weight is 307 g/mol. The van der Waals surface area contributed by atoms with E-state index < -0.39 is 6.29 Å². The number of fused-ring (bicyclic) bond motifs is 2. The molecule has 1 aromatic heterocycles. The van der Waals surface area contributed by atoms with Crippen molar-refractivity contribution in [3.8, 4) is 22.8 Å². The molecule has 22 heavy (non-hydrogen) atoms. The molecule has 0 spiro atoms. The van der Waals surface area contributed by atoms with Crippen molar-refractivity contribution in [3.05, 3.63) is 29.5 Å². The fraction of sp³-hybridized carbons (Fsp3) is 0.400. The first-order valence-corrected chi connectivity index (χ1v) is 7.14. The smallest absolute Gasteiger partial charge is 0.395 e. The summed E-state index contributed by atoms with van der Waals surface area (Å²) in [6.45, 7) is 2.87. The number of hydrogen-bond donors (Lipinski definition) is 1. The summed E-state index contributed by atoms with van der Waals surface area (Å²) in [5.41, 5.74) is 3.41. The molecule has 4 rings (SSSR count). The molecule has 0 radical (unpaired) electrons. The summed E-state index contributed by atoms with van der Waals surface area (Å²) in [5.74, 6) is 0.129. The lowest BCUT2D eigenvalue weighted by Crippen LogP contribution is -2.27. The minimum Gasteiger partial charge on any atom is -0.395 e. The molecule has 1 atom stereocenters. The maximum absolute atomic E-state index is 13.4. The van der Waals surface area contributed by atoms with Crippen LogP contribution in [0.1, 0.15) is 24.2 Å². The van der Waals surface area contributed by atoms with Crippen molar-refractivity contribution in [2.24, 2.45) is 7.05 Å². The number of aromatic nitrogens is 2. The Hall–Kier alpha value is -2.15. The highest BCUT2D eigenvalue weighted by atomic mass is 19.3. The molecule has 0 saturated carbocycles. The zero-order valence-electron chi connectivity index (χ0n) is 12.2.